The van der Waals surface area contributed by atoms with E-state index in [0.29, 0.717) is 57.8 Å². The normalized spacial score (nSPS) is 24.5. The van der Waals surface area contributed by atoms with Crippen molar-refractivity contribution in [3.05, 3.63) is 58.7 Å². The summed E-state index contributed by atoms with van der Waals surface area (Å²) in [6, 6.07) is 11.8. The van der Waals surface area contributed by atoms with Crippen LogP contribution in [0.4, 0.5) is 0 Å². The Morgan fingerprint density at radius 1 is 0.787 bits per heavy atom. The average molecular weight is 983 g/mol. The zero-order valence-corrected chi connectivity index (χ0v) is 38.7. The van der Waals surface area contributed by atoms with E-state index >= 15 is 0 Å². The van der Waals surface area contributed by atoms with Gasteiger partial charge in [-0.3, -0.25) is 32.9 Å². The van der Waals surface area contributed by atoms with Gasteiger partial charge in [0.05, 0.1) is 32.3 Å². The number of fused-ring (bicyclic) bond motifs is 6. The van der Waals surface area contributed by atoms with Crippen LogP contribution in [0.2, 0.25) is 0 Å². The SMILES string of the molecule is C.CCC(O)C(O)C1C(OC(C)=O)CC2Oc3c(CCCC(=O)OC)cccc3C21.COC(=O)CCCc1cccc2c1OC1CC(OC(C)=O)C(C=O)C21.[Na+].[O-][I+3]([O-])([O-])[O-]. The number of carbonyl (C=O) groups is 5. The third-order valence-electron chi connectivity index (χ3n) is 11.0. The number of hydrogen-bond acceptors (Lipinski definition) is 17. The number of aliphatic hydroxyl groups excluding tert-OH is 2. The van der Waals surface area contributed by atoms with E-state index in [0.717, 1.165) is 40.0 Å². The van der Waals surface area contributed by atoms with E-state index in [1.165, 1.54) is 28.1 Å². The summed E-state index contributed by atoms with van der Waals surface area (Å²) in [4.78, 5) is 57.1. The molecular weight excluding hydrogens is 926 g/mol. The number of para-hydroxylation sites is 2. The molecule has 2 aliphatic heterocycles. The van der Waals surface area contributed by atoms with Gasteiger partial charge in [0.15, 0.2) is 0 Å². The predicted octanol–water partition coefficient (Wildman–Crippen LogP) is -5.82. The van der Waals surface area contributed by atoms with Crippen LogP contribution in [0, 0.1) is 11.8 Å². The molecule has 2 saturated carbocycles. The molecule has 0 radical (unpaired) electrons. The largest absolute Gasteiger partial charge is 1.00 e. The molecule has 334 valence electrons. The van der Waals surface area contributed by atoms with Crippen LogP contribution in [0.25, 0.3) is 0 Å². The molecule has 10 unspecified atom stereocenters. The van der Waals surface area contributed by atoms with Crippen LogP contribution in [-0.2, 0) is 55.8 Å². The zero-order valence-electron chi connectivity index (χ0n) is 34.6. The molecule has 2 aliphatic carbocycles. The van der Waals surface area contributed by atoms with E-state index in [2.05, 4.69) is 4.74 Å². The second-order valence-corrected chi connectivity index (χ2v) is 17.0. The first-order valence-corrected chi connectivity index (χ1v) is 22.9. The molecule has 2 heterocycles. The van der Waals surface area contributed by atoms with Crippen molar-refractivity contribution >= 4 is 30.2 Å². The number of esters is 4. The van der Waals surface area contributed by atoms with Crippen molar-refractivity contribution in [3.8, 4) is 11.5 Å². The quantitative estimate of drug-likeness (QED) is 0.0587. The van der Waals surface area contributed by atoms with Gasteiger partial charge in [-0.15, -0.1) is 0 Å². The van der Waals surface area contributed by atoms with Crippen LogP contribution in [0.1, 0.15) is 107 Å². The molecule has 19 heteroatoms. The maximum atomic E-state index is 11.6. The van der Waals surface area contributed by atoms with Gasteiger partial charge in [-0.2, -0.15) is 0 Å². The number of benzene rings is 2. The summed E-state index contributed by atoms with van der Waals surface area (Å²) in [5, 5.41) is 21.1. The van der Waals surface area contributed by atoms with E-state index in [4.69, 9.17) is 37.4 Å². The molecule has 0 bridgehead atoms. The fraction of sp³-hybridized carbons (Fsp3) is 0.595. The zero-order chi connectivity index (χ0) is 43.6. The monoisotopic (exact) mass is 982 g/mol. The standard InChI is InChI=1S/C22H30O7.C19H22O6.CH4.IO4.Na/c1-4-15(24)21(26)20-17(28-12(2)23)11-16-19(20)14-9-5-7-13(22(14)29-16)8-6-10-18(25)27-3;1-11(21)24-15-9-16-18(14(15)10-20)13-7-3-5-12(19(13)25-16)6-4-8-17(22)23-2;;2-1(3,4)5;/h5,7,9,15-17,19-21,24,26H,4,6,8,10-11H2,1-3H3;3,5,7,10,14-16,18H,4,6,8-9H2,1-2H3;1H4;;/q;;;-1;+1. The molecule has 2 aromatic carbocycles. The van der Waals surface area contributed by atoms with Crippen LogP contribution >= 0.6 is 0 Å². The van der Waals surface area contributed by atoms with Gasteiger partial charge in [0, 0.05) is 68.4 Å². The van der Waals surface area contributed by atoms with Crippen molar-refractivity contribution in [2.45, 2.75) is 134 Å². The minimum absolute atomic E-state index is 0. The van der Waals surface area contributed by atoms with E-state index in [-0.39, 0.29) is 84.9 Å². The van der Waals surface area contributed by atoms with Crippen LogP contribution in [0.3, 0.4) is 0 Å². The van der Waals surface area contributed by atoms with E-state index in [9.17, 15) is 34.2 Å². The number of aliphatic hydroxyl groups is 2. The van der Waals surface area contributed by atoms with Gasteiger partial charge in [-0.1, -0.05) is 50.7 Å². The molecule has 0 saturated heterocycles. The van der Waals surface area contributed by atoms with Gasteiger partial charge in [0.25, 0.3) is 0 Å². The molecule has 6 rings (SSSR count). The fourth-order valence-electron chi connectivity index (χ4n) is 8.63. The van der Waals surface area contributed by atoms with Crippen LogP contribution in [0.5, 0.6) is 11.5 Å². The molecule has 2 fully saturated rings. The number of aryl methyl sites for hydroxylation is 2. The Morgan fingerprint density at radius 3 is 1.64 bits per heavy atom. The molecular formula is C42H56INaO17. The number of ether oxygens (including phenoxy) is 6. The molecule has 4 aliphatic rings. The molecule has 61 heavy (non-hydrogen) atoms. The van der Waals surface area contributed by atoms with Crippen molar-refractivity contribution in [2.75, 3.05) is 14.2 Å². The Balaban J connectivity index is 0.000000370. The number of hydrogen-bond donors (Lipinski definition) is 2. The molecule has 10 atom stereocenters. The van der Waals surface area contributed by atoms with Crippen LogP contribution < -0.4 is 72.9 Å². The van der Waals surface area contributed by atoms with Crippen molar-refractivity contribution < 1.29 is 126 Å². The number of halogens is 1. The minimum atomic E-state index is -5.94. The third-order valence-corrected chi connectivity index (χ3v) is 11.0. The third kappa shape index (κ3) is 14.6. The topological polar surface area (TPSA) is 273 Å². The Labute approximate surface area is 384 Å². The second-order valence-electron chi connectivity index (χ2n) is 14.8. The second kappa shape index (κ2) is 24.8. The first-order valence-electron chi connectivity index (χ1n) is 19.4. The first kappa shape index (κ1) is 54.2. The average Bonchev–Trinajstić information content (AvgIpc) is 3.91. The summed E-state index contributed by atoms with van der Waals surface area (Å²) in [5.41, 5.74) is 4.00. The van der Waals surface area contributed by atoms with E-state index in [1.807, 2.05) is 36.4 Å². The van der Waals surface area contributed by atoms with Gasteiger partial charge < -0.3 is 43.4 Å². The predicted molar refractivity (Wildman–Crippen MR) is 200 cm³/mol. The first-order chi connectivity index (χ1) is 27.9. The van der Waals surface area contributed by atoms with Gasteiger partial charge in [-0.05, 0) is 43.2 Å². The Hall–Kier alpha value is -2.92. The molecule has 0 aromatic heterocycles. The Kier molecular flexibility index (Phi) is 22.0. The van der Waals surface area contributed by atoms with Crippen LogP contribution in [-0.4, -0.2) is 91.2 Å². The van der Waals surface area contributed by atoms with Crippen molar-refractivity contribution in [1.29, 1.82) is 0 Å². The summed E-state index contributed by atoms with van der Waals surface area (Å²) in [7, 11) is 2.76. The van der Waals surface area contributed by atoms with E-state index < -0.39 is 56.4 Å². The van der Waals surface area contributed by atoms with Gasteiger partial charge >= 0.3 is 53.4 Å². The molecule has 17 nitrogen and oxygen atoms in total. The summed E-state index contributed by atoms with van der Waals surface area (Å²) in [5.74, 6) is -0.725. The molecule has 0 spiro atoms. The number of methoxy groups -OCH3 is 2. The smallest absolute Gasteiger partial charge is 0.489 e. The Bertz CT molecular complexity index is 1780. The maximum Gasteiger partial charge on any atom is 1.00 e. The summed E-state index contributed by atoms with van der Waals surface area (Å²) in [6.07, 6.45) is 2.45. The maximum absolute atomic E-state index is 11.6. The van der Waals surface area contributed by atoms with Gasteiger partial charge in [0.1, 0.15) is 62.3 Å². The summed E-state index contributed by atoms with van der Waals surface area (Å²) in [6.45, 7) is 4.51. The van der Waals surface area contributed by atoms with Crippen molar-refractivity contribution in [1.82, 2.24) is 0 Å². The Morgan fingerprint density at radius 2 is 1.21 bits per heavy atom. The minimum Gasteiger partial charge on any atom is -0.489 e. The molecule has 2 aromatic rings. The number of rotatable bonds is 14. The van der Waals surface area contributed by atoms with Gasteiger partial charge in [-0.25, -0.2) is 0 Å². The van der Waals surface area contributed by atoms with Gasteiger partial charge in [0.2, 0.25) is 0 Å². The molecule has 2 N–H and O–H groups in total. The molecule has 0 amide bonds. The fourth-order valence-corrected chi connectivity index (χ4v) is 8.63. The number of aldehydes is 1. The van der Waals surface area contributed by atoms with Crippen molar-refractivity contribution in [3.63, 3.8) is 0 Å². The van der Waals surface area contributed by atoms with Crippen molar-refractivity contribution in [2.24, 2.45) is 11.8 Å². The number of carbonyl (C=O) groups excluding carboxylic acids is 5. The van der Waals surface area contributed by atoms with Crippen LogP contribution in [0.15, 0.2) is 36.4 Å². The summed E-state index contributed by atoms with van der Waals surface area (Å²) >= 11 is -5.94. The summed E-state index contributed by atoms with van der Waals surface area (Å²) < 4.78 is 67.0. The van der Waals surface area contributed by atoms with E-state index in [1.54, 1.807) is 6.92 Å².